The molecule has 1 N–H and O–H groups in total. The molecule has 1 heterocycles. The minimum atomic E-state index is -0.941. The lowest BCUT2D eigenvalue weighted by molar-refractivity contribution is 0.0696. The molecular weight excluding hydrogens is 254 g/mol. The number of hydrogen-bond acceptors (Lipinski definition) is 3. The van der Waals surface area contributed by atoms with Gasteiger partial charge in [-0.15, -0.1) is 0 Å². The predicted octanol–water partition coefficient (Wildman–Crippen LogP) is 2.94. The van der Waals surface area contributed by atoms with Crippen LogP contribution >= 0.6 is 0 Å². The molecule has 0 bridgehead atoms. The first-order chi connectivity index (χ1) is 9.63. The Morgan fingerprint density at radius 3 is 2.65 bits per heavy atom. The Morgan fingerprint density at radius 1 is 1.30 bits per heavy atom. The lowest BCUT2D eigenvalue weighted by Gasteiger charge is -2.09. The standard InChI is InChI=1S/C16H17NO3/c1-3-11-4-6-14(17-10-11)9-13-8-12(16(18)19)5-7-15(13)20-2/h4-8,10H,3,9H2,1-2H3,(H,18,19). The van der Waals surface area contributed by atoms with E-state index in [9.17, 15) is 4.79 Å². The Kier molecular flexibility index (Phi) is 4.35. The number of hydrogen-bond donors (Lipinski definition) is 1. The van der Waals surface area contributed by atoms with Crippen molar-refractivity contribution in [3.05, 3.63) is 58.9 Å². The summed E-state index contributed by atoms with van der Waals surface area (Å²) in [6, 6.07) is 8.86. The molecule has 0 unspecified atom stereocenters. The molecule has 0 fully saturated rings. The molecule has 1 aromatic heterocycles. The van der Waals surface area contributed by atoms with E-state index in [4.69, 9.17) is 9.84 Å². The second-order valence-corrected chi connectivity index (χ2v) is 4.52. The molecule has 0 aliphatic carbocycles. The van der Waals surface area contributed by atoms with Crippen molar-refractivity contribution in [2.75, 3.05) is 7.11 Å². The summed E-state index contributed by atoms with van der Waals surface area (Å²) < 4.78 is 5.28. The molecule has 2 rings (SSSR count). The average molecular weight is 271 g/mol. The number of benzene rings is 1. The van der Waals surface area contributed by atoms with Gasteiger partial charge in [-0.05, 0) is 36.2 Å². The number of rotatable bonds is 5. The first kappa shape index (κ1) is 14.1. The Morgan fingerprint density at radius 2 is 2.10 bits per heavy atom. The van der Waals surface area contributed by atoms with E-state index in [1.54, 1.807) is 19.2 Å². The van der Waals surface area contributed by atoms with Gasteiger partial charge in [-0.2, -0.15) is 0 Å². The number of aromatic carboxylic acids is 1. The number of aromatic nitrogens is 1. The minimum absolute atomic E-state index is 0.256. The van der Waals surface area contributed by atoms with Gasteiger partial charge in [0, 0.05) is 23.9 Å². The molecule has 0 saturated heterocycles. The molecule has 4 nitrogen and oxygen atoms in total. The van der Waals surface area contributed by atoms with Crippen LogP contribution in [0.25, 0.3) is 0 Å². The van der Waals surface area contributed by atoms with Crippen molar-refractivity contribution in [1.82, 2.24) is 4.98 Å². The number of carboxylic acid groups (broad SMARTS) is 1. The first-order valence-corrected chi connectivity index (χ1v) is 6.48. The normalized spacial score (nSPS) is 10.3. The summed E-state index contributed by atoms with van der Waals surface area (Å²) in [7, 11) is 1.58. The van der Waals surface area contributed by atoms with Crippen LogP contribution in [-0.2, 0) is 12.8 Å². The molecule has 4 heteroatoms. The number of pyridine rings is 1. The van der Waals surface area contributed by atoms with Gasteiger partial charge >= 0.3 is 5.97 Å². The van der Waals surface area contributed by atoms with Crippen molar-refractivity contribution in [3.8, 4) is 5.75 Å². The molecule has 1 aromatic carbocycles. The van der Waals surface area contributed by atoms with Gasteiger partial charge in [0.25, 0.3) is 0 Å². The third kappa shape index (κ3) is 3.15. The Labute approximate surface area is 118 Å². The van der Waals surface area contributed by atoms with Crippen molar-refractivity contribution >= 4 is 5.97 Å². The van der Waals surface area contributed by atoms with E-state index in [0.717, 1.165) is 17.7 Å². The predicted molar refractivity (Wildman–Crippen MR) is 76.4 cm³/mol. The van der Waals surface area contributed by atoms with Gasteiger partial charge in [0.05, 0.1) is 12.7 Å². The Bertz CT molecular complexity index is 606. The molecule has 0 atom stereocenters. The maximum absolute atomic E-state index is 11.0. The van der Waals surface area contributed by atoms with Crippen LogP contribution in [0.2, 0.25) is 0 Å². The number of carbonyl (C=O) groups is 1. The number of methoxy groups -OCH3 is 1. The minimum Gasteiger partial charge on any atom is -0.496 e. The quantitative estimate of drug-likeness (QED) is 0.908. The van der Waals surface area contributed by atoms with E-state index in [-0.39, 0.29) is 5.56 Å². The second-order valence-electron chi connectivity index (χ2n) is 4.52. The molecule has 0 aliphatic heterocycles. The monoisotopic (exact) mass is 271 g/mol. The fourth-order valence-electron chi connectivity index (χ4n) is 2.01. The molecular formula is C16H17NO3. The molecule has 0 amide bonds. The van der Waals surface area contributed by atoms with E-state index in [1.807, 2.05) is 18.3 Å². The summed E-state index contributed by atoms with van der Waals surface area (Å²) >= 11 is 0. The molecule has 104 valence electrons. The lowest BCUT2D eigenvalue weighted by atomic mass is 10.0. The average Bonchev–Trinajstić information content (AvgIpc) is 2.48. The number of nitrogens with zero attached hydrogens (tertiary/aromatic N) is 1. The van der Waals surface area contributed by atoms with Crippen LogP contribution in [0.4, 0.5) is 0 Å². The molecule has 2 aromatic rings. The summed E-state index contributed by atoms with van der Waals surface area (Å²) in [5.41, 5.74) is 3.15. The van der Waals surface area contributed by atoms with Crippen LogP contribution in [0, 0.1) is 0 Å². The number of carboxylic acids is 1. The van der Waals surface area contributed by atoms with E-state index in [0.29, 0.717) is 12.2 Å². The van der Waals surface area contributed by atoms with E-state index >= 15 is 0 Å². The SMILES string of the molecule is CCc1ccc(Cc2cc(C(=O)O)ccc2OC)nc1. The van der Waals surface area contributed by atoms with E-state index in [1.165, 1.54) is 11.6 Å². The fourth-order valence-corrected chi connectivity index (χ4v) is 2.01. The third-order valence-corrected chi connectivity index (χ3v) is 3.19. The van der Waals surface area contributed by atoms with E-state index < -0.39 is 5.97 Å². The van der Waals surface area contributed by atoms with E-state index in [2.05, 4.69) is 11.9 Å². The van der Waals surface area contributed by atoms with Gasteiger partial charge in [0.2, 0.25) is 0 Å². The van der Waals surface area contributed by atoms with Crippen molar-refractivity contribution in [3.63, 3.8) is 0 Å². The van der Waals surface area contributed by atoms with Crippen LogP contribution in [0.15, 0.2) is 36.5 Å². The summed E-state index contributed by atoms with van der Waals surface area (Å²) in [5.74, 6) is -0.264. The van der Waals surface area contributed by atoms with Crippen LogP contribution in [-0.4, -0.2) is 23.2 Å². The van der Waals surface area contributed by atoms with Crippen molar-refractivity contribution in [2.45, 2.75) is 19.8 Å². The summed E-state index contributed by atoms with van der Waals surface area (Å²) in [6.07, 6.45) is 3.35. The fraction of sp³-hybridized carbons (Fsp3) is 0.250. The van der Waals surface area contributed by atoms with Gasteiger partial charge in [0.1, 0.15) is 5.75 Å². The van der Waals surface area contributed by atoms with Crippen LogP contribution in [0.1, 0.15) is 34.1 Å². The van der Waals surface area contributed by atoms with Gasteiger partial charge in [-0.1, -0.05) is 13.0 Å². The largest absolute Gasteiger partial charge is 0.496 e. The number of aryl methyl sites for hydroxylation is 1. The smallest absolute Gasteiger partial charge is 0.335 e. The van der Waals surface area contributed by atoms with Crippen molar-refractivity contribution < 1.29 is 14.6 Å². The van der Waals surface area contributed by atoms with Gasteiger partial charge in [-0.25, -0.2) is 4.79 Å². The van der Waals surface area contributed by atoms with Crippen LogP contribution < -0.4 is 4.74 Å². The molecule has 0 saturated carbocycles. The second kappa shape index (κ2) is 6.19. The van der Waals surface area contributed by atoms with Gasteiger partial charge in [-0.3, -0.25) is 4.98 Å². The summed E-state index contributed by atoms with van der Waals surface area (Å²) in [5, 5.41) is 9.05. The van der Waals surface area contributed by atoms with Gasteiger partial charge in [0.15, 0.2) is 0 Å². The Hall–Kier alpha value is -2.36. The maximum Gasteiger partial charge on any atom is 0.335 e. The maximum atomic E-state index is 11.0. The molecule has 0 radical (unpaired) electrons. The zero-order chi connectivity index (χ0) is 14.5. The van der Waals surface area contributed by atoms with Crippen LogP contribution in [0.5, 0.6) is 5.75 Å². The zero-order valence-corrected chi connectivity index (χ0v) is 11.6. The highest BCUT2D eigenvalue weighted by Crippen LogP contribution is 2.22. The highest BCUT2D eigenvalue weighted by atomic mass is 16.5. The summed E-state index contributed by atoms with van der Waals surface area (Å²) in [4.78, 5) is 15.4. The van der Waals surface area contributed by atoms with Crippen molar-refractivity contribution in [2.24, 2.45) is 0 Å². The lowest BCUT2D eigenvalue weighted by Crippen LogP contribution is -2.01. The Balaban J connectivity index is 2.30. The van der Waals surface area contributed by atoms with Crippen molar-refractivity contribution in [1.29, 1.82) is 0 Å². The topological polar surface area (TPSA) is 59.4 Å². The summed E-state index contributed by atoms with van der Waals surface area (Å²) in [6.45, 7) is 2.08. The van der Waals surface area contributed by atoms with Crippen LogP contribution in [0.3, 0.4) is 0 Å². The zero-order valence-electron chi connectivity index (χ0n) is 11.6. The number of ether oxygens (including phenoxy) is 1. The molecule has 20 heavy (non-hydrogen) atoms. The highest BCUT2D eigenvalue weighted by Gasteiger charge is 2.10. The first-order valence-electron chi connectivity index (χ1n) is 6.48. The molecule has 0 aliphatic rings. The highest BCUT2D eigenvalue weighted by molar-refractivity contribution is 5.88. The van der Waals surface area contributed by atoms with Gasteiger partial charge < -0.3 is 9.84 Å². The molecule has 0 spiro atoms. The third-order valence-electron chi connectivity index (χ3n) is 3.19.